The zero-order valence-corrected chi connectivity index (χ0v) is 21.5. The molecule has 7 nitrogen and oxygen atoms in total. The molecule has 8 heteroatoms. The molecule has 188 valence electrons. The predicted octanol–water partition coefficient (Wildman–Crippen LogP) is 5.89. The van der Waals surface area contributed by atoms with Crippen LogP contribution in [-0.4, -0.2) is 35.5 Å². The van der Waals surface area contributed by atoms with Gasteiger partial charge in [-0.2, -0.15) is 0 Å². The number of carbonyl (C=O) groups is 2. The van der Waals surface area contributed by atoms with Crippen LogP contribution >= 0.6 is 11.3 Å². The van der Waals surface area contributed by atoms with Crippen LogP contribution in [0.25, 0.3) is 16.0 Å². The second-order valence-electron chi connectivity index (χ2n) is 8.52. The summed E-state index contributed by atoms with van der Waals surface area (Å²) in [5.74, 6) is -0.670. The molecule has 1 saturated heterocycles. The first-order valence-electron chi connectivity index (χ1n) is 12.0. The number of rotatable bonds is 7. The Hall–Kier alpha value is -4.17. The maximum Gasteiger partial charge on any atom is 0.301 e. The molecular formula is C29H26N2O5S. The van der Waals surface area contributed by atoms with E-state index in [9.17, 15) is 14.7 Å². The number of methoxy groups -OCH3 is 1. The molecule has 3 aromatic carbocycles. The molecule has 1 amide bonds. The summed E-state index contributed by atoms with van der Waals surface area (Å²) >= 11 is 1.34. The lowest BCUT2D eigenvalue weighted by Crippen LogP contribution is -2.29. The summed E-state index contributed by atoms with van der Waals surface area (Å²) < 4.78 is 12.0. The molecule has 1 fully saturated rings. The van der Waals surface area contributed by atoms with Gasteiger partial charge in [0.25, 0.3) is 5.78 Å². The van der Waals surface area contributed by atoms with E-state index in [1.165, 1.54) is 23.3 Å². The fourth-order valence-electron chi connectivity index (χ4n) is 4.53. The summed E-state index contributed by atoms with van der Waals surface area (Å²) in [5.41, 5.74) is 2.85. The summed E-state index contributed by atoms with van der Waals surface area (Å²) in [7, 11) is 1.53. The number of aryl methyl sites for hydroxylation is 1. The number of ketones is 1. The second-order valence-corrected chi connectivity index (χ2v) is 9.53. The third-order valence-electron chi connectivity index (χ3n) is 6.37. The van der Waals surface area contributed by atoms with E-state index in [1.54, 1.807) is 42.5 Å². The summed E-state index contributed by atoms with van der Waals surface area (Å²) in [5, 5.41) is 11.8. The topological polar surface area (TPSA) is 89.0 Å². The Bertz CT molecular complexity index is 1520. The Kier molecular flexibility index (Phi) is 6.67. The lowest BCUT2D eigenvalue weighted by Gasteiger charge is -2.24. The Morgan fingerprint density at radius 1 is 1.05 bits per heavy atom. The SMILES string of the molecule is CCOc1ccc(/C(O)=C2\C(=O)C(=O)N(c3nc4ccc(CC)cc4s3)[C@@H]2c2ccccc2OC)cc1. The van der Waals surface area contributed by atoms with Crippen LogP contribution in [0.1, 0.15) is 36.6 Å². The van der Waals surface area contributed by atoms with Crippen molar-refractivity contribution in [2.75, 3.05) is 18.6 Å². The Morgan fingerprint density at radius 2 is 1.81 bits per heavy atom. The standard InChI is InChI=1S/C29H26N2O5S/c1-4-17-10-15-21-23(16-17)37-29(30-21)31-25(20-8-6-7-9-22(20)35-3)24(27(33)28(31)34)26(32)18-11-13-19(14-12-18)36-5-2/h6-16,25,32H,4-5H2,1-3H3/b26-24+/t25-/m1/s1. The maximum absolute atomic E-state index is 13.5. The number of aromatic nitrogens is 1. The Labute approximate surface area is 218 Å². The van der Waals surface area contributed by atoms with E-state index in [0.717, 1.165) is 22.2 Å². The molecule has 0 radical (unpaired) electrons. The molecule has 0 unspecified atom stereocenters. The van der Waals surface area contributed by atoms with Crippen molar-refractivity contribution in [2.45, 2.75) is 26.3 Å². The van der Waals surface area contributed by atoms with Crippen LogP contribution in [0.2, 0.25) is 0 Å². The van der Waals surface area contributed by atoms with Crippen LogP contribution in [-0.2, 0) is 16.0 Å². The minimum absolute atomic E-state index is 0.0211. The highest BCUT2D eigenvalue weighted by molar-refractivity contribution is 7.22. The number of nitrogens with zero attached hydrogens (tertiary/aromatic N) is 2. The fraction of sp³-hybridized carbons (Fsp3) is 0.207. The smallest absolute Gasteiger partial charge is 0.301 e. The van der Waals surface area contributed by atoms with E-state index in [2.05, 4.69) is 6.92 Å². The molecule has 1 aliphatic heterocycles. The van der Waals surface area contributed by atoms with E-state index in [4.69, 9.17) is 14.5 Å². The normalized spacial score (nSPS) is 16.9. The lowest BCUT2D eigenvalue weighted by molar-refractivity contribution is -0.132. The van der Waals surface area contributed by atoms with Crippen molar-refractivity contribution in [3.8, 4) is 11.5 Å². The van der Waals surface area contributed by atoms with Gasteiger partial charge in [0.1, 0.15) is 23.3 Å². The predicted molar refractivity (Wildman–Crippen MR) is 144 cm³/mol. The van der Waals surface area contributed by atoms with Crippen molar-refractivity contribution in [3.05, 3.63) is 89.0 Å². The lowest BCUT2D eigenvalue weighted by atomic mass is 9.94. The van der Waals surface area contributed by atoms with Crippen molar-refractivity contribution < 1.29 is 24.2 Å². The molecule has 0 saturated carbocycles. The zero-order valence-electron chi connectivity index (χ0n) is 20.7. The highest BCUT2D eigenvalue weighted by Crippen LogP contribution is 2.46. The number of thiazole rings is 1. The number of carbonyl (C=O) groups excluding carboxylic acids is 2. The molecule has 0 aliphatic carbocycles. The molecule has 1 atom stereocenters. The molecule has 4 aromatic rings. The van der Waals surface area contributed by atoms with Gasteiger partial charge in [0, 0.05) is 11.1 Å². The van der Waals surface area contributed by atoms with Gasteiger partial charge in [0.15, 0.2) is 5.13 Å². The van der Waals surface area contributed by atoms with E-state index in [-0.39, 0.29) is 11.3 Å². The number of anilines is 1. The number of para-hydroxylation sites is 1. The average Bonchev–Trinajstić information content (AvgIpc) is 3.46. The summed E-state index contributed by atoms with van der Waals surface area (Å²) in [4.78, 5) is 33.1. The summed E-state index contributed by atoms with van der Waals surface area (Å²) in [6.45, 7) is 4.46. The van der Waals surface area contributed by atoms with E-state index in [0.29, 0.717) is 34.4 Å². The van der Waals surface area contributed by atoms with Crippen LogP contribution in [0.5, 0.6) is 11.5 Å². The van der Waals surface area contributed by atoms with Gasteiger partial charge in [-0.1, -0.05) is 42.5 Å². The third kappa shape index (κ3) is 4.34. The van der Waals surface area contributed by atoms with Gasteiger partial charge in [0.2, 0.25) is 0 Å². The van der Waals surface area contributed by atoms with Crippen molar-refractivity contribution >= 4 is 44.1 Å². The molecule has 1 N–H and O–H groups in total. The van der Waals surface area contributed by atoms with Crippen LogP contribution in [0, 0.1) is 0 Å². The number of hydrogen-bond acceptors (Lipinski definition) is 7. The number of aliphatic hydroxyl groups is 1. The van der Waals surface area contributed by atoms with Gasteiger partial charge in [0.05, 0.1) is 29.5 Å². The number of hydrogen-bond donors (Lipinski definition) is 1. The average molecular weight is 515 g/mol. The number of fused-ring (bicyclic) bond motifs is 1. The van der Waals surface area contributed by atoms with Gasteiger partial charge in [-0.25, -0.2) is 4.98 Å². The molecular weight excluding hydrogens is 488 g/mol. The highest BCUT2D eigenvalue weighted by atomic mass is 32.1. The van der Waals surface area contributed by atoms with Crippen molar-refractivity contribution in [3.63, 3.8) is 0 Å². The molecule has 1 aliphatic rings. The van der Waals surface area contributed by atoms with Gasteiger partial charge in [-0.15, -0.1) is 0 Å². The van der Waals surface area contributed by atoms with Crippen LogP contribution < -0.4 is 14.4 Å². The largest absolute Gasteiger partial charge is 0.507 e. The number of ether oxygens (including phenoxy) is 2. The van der Waals surface area contributed by atoms with Gasteiger partial charge in [-0.05, 0) is 61.4 Å². The molecule has 37 heavy (non-hydrogen) atoms. The number of benzene rings is 3. The summed E-state index contributed by atoms with van der Waals surface area (Å²) in [6.07, 6.45) is 0.872. The third-order valence-corrected chi connectivity index (χ3v) is 7.39. The van der Waals surface area contributed by atoms with Crippen LogP contribution in [0.3, 0.4) is 0 Å². The monoisotopic (exact) mass is 514 g/mol. The Balaban J connectivity index is 1.70. The minimum atomic E-state index is -0.922. The first-order chi connectivity index (χ1) is 18.0. The zero-order chi connectivity index (χ0) is 26.1. The first kappa shape index (κ1) is 24.5. The first-order valence-corrected chi connectivity index (χ1v) is 12.8. The Morgan fingerprint density at radius 3 is 2.51 bits per heavy atom. The number of amides is 1. The maximum atomic E-state index is 13.5. The van der Waals surface area contributed by atoms with Gasteiger partial charge < -0.3 is 14.6 Å². The van der Waals surface area contributed by atoms with Crippen LogP contribution in [0.4, 0.5) is 5.13 Å². The quantitative estimate of drug-likeness (QED) is 0.188. The van der Waals surface area contributed by atoms with Crippen molar-refractivity contribution in [2.24, 2.45) is 0 Å². The second kappa shape index (κ2) is 10.1. The number of Topliss-reactive ketones (excluding diaryl/α,β-unsaturated/α-hetero) is 1. The van der Waals surface area contributed by atoms with Gasteiger partial charge in [-0.3, -0.25) is 14.5 Å². The van der Waals surface area contributed by atoms with E-state index < -0.39 is 17.7 Å². The molecule has 1 aromatic heterocycles. The molecule has 0 bridgehead atoms. The van der Waals surface area contributed by atoms with Crippen molar-refractivity contribution in [1.82, 2.24) is 4.98 Å². The van der Waals surface area contributed by atoms with Gasteiger partial charge >= 0.3 is 5.91 Å². The fourth-order valence-corrected chi connectivity index (χ4v) is 5.58. The highest BCUT2D eigenvalue weighted by Gasteiger charge is 2.49. The van der Waals surface area contributed by atoms with E-state index >= 15 is 0 Å². The minimum Gasteiger partial charge on any atom is -0.507 e. The molecule has 2 heterocycles. The molecule has 0 spiro atoms. The van der Waals surface area contributed by atoms with E-state index in [1.807, 2.05) is 31.2 Å². The molecule has 5 rings (SSSR count). The number of aliphatic hydroxyl groups excluding tert-OH is 1. The summed E-state index contributed by atoms with van der Waals surface area (Å²) in [6, 6.07) is 19.0. The van der Waals surface area contributed by atoms with Crippen molar-refractivity contribution in [1.29, 1.82) is 0 Å². The van der Waals surface area contributed by atoms with Crippen LogP contribution in [0.15, 0.2) is 72.3 Å².